The molecule has 3 nitrogen and oxygen atoms in total. The largest absolute Gasteiger partial charge is 0.301 e. The third kappa shape index (κ3) is 4.96. The van der Waals surface area contributed by atoms with Gasteiger partial charge in [0.1, 0.15) is 5.54 Å². The van der Waals surface area contributed by atoms with Gasteiger partial charge in [-0.25, -0.2) is 0 Å². The van der Waals surface area contributed by atoms with Crippen LogP contribution >= 0.6 is 0 Å². The molecule has 2 unspecified atom stereocenters. The first-order valence-corrected chi connectivity index (χ1v) is 7.40. The van der Waals surface area contributed by atoms with Crippen LogP contribution < -0.4 is 5.32 Å². The molecule has 0 bridgehead atoms. The summed E-state index contributed by atoms with van der Waals surface area (Å²) in [6.07, 6.45) is 6.25. The lowest BCUT2D eigenvalue weighted by Crippen LogP contribution is -2.48. The Morgan fingerprint density at radius 1 is 1.39 bits per heavy atom. The maximum absolute atomic E-state index is 9.35. The van der Waals surface area contributed by atoms with Gasteiger partial charge < -0.3 is 4.90 Å². The van der Waals surface area contributed by atoms with Crippen LogP contribution in [0.25, 0.3) is 0 Å². The Labute approximate surface area is 113 Å². The fourth-order valence-electron chi connectivity index (χ4n) is 2.83. The summed E-state index contributed by atoms with van der Waals surface area (Å²) in [5.41, 5.74) is -0.389. The van der Waals surface area contributed by atoms with E-state index in [1.54, 1.807) is 0 Å². The zero-order valence-electron chi connectivity index (χ0n) is 12.5. The first-order chi connectivity index (χ1) is 8.47. The zero-order valence-corrected chi connectivity index (χ0v) is 12.5. The quantitative estimate of drug-likeness (QED) is 0.816. The Balaban J connectivity index is 2.48. The lowest BCUT2D eigenvalue weighted by molar-refractivity contribution is 0.192. The third-order valence-corrected chi connectivity index (χ3v) is 3.94. The second-order valence-corrected chi connectivity index (χ2v) is 6.23. The van der Waals surface area contributed by atoms with Crippen molar-refractivity contribution in [3.8, 4) is 6.07 Å². The van der Waals surface area contributed by atoms with Crippen molar-refractivity contribution in [2.24, 2.45) is 0 Å². The monoisotopic (exact) mass is 251 g/mol. The van der Waals surface area contributed by atoms with E-state index in [4.69, 9.17) is 0 Å². The highest BCUT2D eigenvalue weighted by atomic mass is 15.2. The molecule has 0 aliphatic carbocycles. The van der Waals surface area contributed by atoms with E-state index in [2.05, 4.69) is 37.1 Å². The number of nitrogens with zero attached hydrogens (tertiary/aromatic N) is 2. The van der Waals surface area contributed by atoms with Crippen molar-refractivity contribution < 1.29 is 0 Å². The minimum absolute atomic E-state index is 0.358. The molecule has 0 aromatic heterocycles. The molecule has 1 aliphatic heterocycles. The second kappa shape index (κ2) is 7.11. The standard InChI is InChI=1S/C15H29N3/c1-13(2)17-15(4,12-16)9-11-18-10-7-5-6-8-14(18)3/h13-14,17H,5-11H2,1-4H3. The van der Waals surface area contributed by atoms with Crippen molar-refractivity contribution >= 4 is 0 Å². The lowest BCUT2D eigenvalue weighted by Gasteiger charge is -2.32. The molecule has 2 atom stereocenters. The lowest BCUT2D eigenvalue weighted by atomic mass is 9.98. The predicted octanol–water partition coefficient (Wildman–Crippen LogP) is 2.92. The molecule has 1 N–H and O–H groups in total. The second-order valence-electron chi connectivity index (χ2n) is 6.23. The van der Waals surface area contributed by atoms with Crippen molar-refractivity contribution in [3.63, 3.8) is 0 Å². The van der Waals surface area contributed by atoms with E-state index in [0.29, 0.717) is 12.1 Å². The molecule has 0 spiro atoms. The molecule has 1 aliphatic rings. The first-order valence-electron chi connectivity index (χ1n) is 7.40. The number of likely N-dealkylation sites (tertiary alicyclic amines) is 1. The van der Waals surface area contributed by atoms with Gasteiger partial charge in [0.25, 0.3) is 0 Å². The SMILES string of the molecule is CC(C)NC(C)(C#N)CCN1CCCCCC1C. The highest BCUT2D eigenvalue weighted by Gasteiger charge is 2.26. The van der Waals surface area contributed by atoms with Gasteiger partial charge in [0.2, 0.25) is 0 Å². The van der Waals surface area contributed by atoms with Crippen LogP contribution in [-0.2, 0) is 0 Å². The van der Waals surface area contributed by atoms with Crippen LogP contribution in [0.5, 0.6) is 0 Å². The topological polar surface area (TPSA) is 39.1 Å². The van der Waals surface area contributed by atoms with Gasteiger partial charge >= 0.3 is 0 Å². The molecule has 0 amide bonds. The van der Waals surface area contributed by atoms with Crippen molar-refractivity contribution in [1.82, 2.24) is 10.2 Å². The third-order valence-electron chi connectivity index (χ3n) is 3.94. The van der Waals surface area contributed by atoms with Crippen LogP contribution in [0.15, 0.2) is 0 Å². The number of hydrogen-bond acceptors (Lipinski definition) is 3. The van der Waals surface area contributed by atoms with Crippen LogP contribution in [0, 0.1) is 11.3 Å². The van der Waals surface area contributed by atoms with Gasteiger partial charge in [-0.2, -0.15) is 5.26 Å². The van der Waals surface area contributed by atoms with E-state index >= 15 is 0 Å². The predicted molar refractivity (Wildman–Crippen MR) is 76.4 cm³/mol. The van der Waals surface area contributed by atoms with Gasteiger partial charge in [0.05, 0.1) is 6.07 Å². The molecule has 3 heteroatoms. The molecule has 18 heavy (non-hydrogen) atoms. The van der Waals surface area contributed by atoms with Gasteiger partial charge in [-0.1, -0.05) is 12.8 Å². The van der Waals surface area contributed by atoms with Gasteiger partial charge in [-0.05, 0) is 53.5 Å². The Morgan fingerprint density at radius 2 is 2.11 bits per heavy atom. The van der Waals surface area contributed by atoms with Gasteiger partial charge in [-0.3, -0.25) is 5.32 Å². The molecule has 1 rings (SSSR count). The van der Waals surface area contributed by atoms with Crippen LogP contribution in [0.3, 0.4) is 0 Å². The molecule has 1 fully saturated rings. The summed E-state index contributed by atoms with van der Waals surface area (Å²) in [6.45, 7) is 10.8. The Hall–Kier alpha value is -0.590. The van der Waals surface area contributed by atoms with Crippen LogP contribution in [0.2, 0.25) is 0 Å². The summed E-state index contributed by atoms with van der Waals surface area (Å²) in [5.74, 6) is 0. The minimum atomic E-state index is -0.389. The zero-order chi connectivity index (χ0) is 13.6. The molecular weight excluding hydrogens is 222 g/mol. The molecular formula is C15H29N3. The van der Waals surface area contributed by atoms with Gasteiger partial charge in [0.15, 0.2) is 0 Å². The summed E-state index contributed by atoms with van der Waals surface area (Å²) in [4.78, 5) is 2.56. The normalized spacial score (nSPS) is 25.4. The van der Waals surface area contributed by atoms with Crippen LogP contribution in [-0.4, -0.2) is 35.6 Å². The van der Waals surface area contributed by atoms with E-state index in [9.17, 15) is 5.26 Å². The highest BCUT2D eigenvalue weighted by Crippen LogP contribution is 2.19. The van der Waals surface area contributed by atoms with E-state index in [0.717, 1.165) is 13.0 Å². The first kappa shape index (κ1) is 15.5. The number of nitriles is 1. The maximum Gasteiger partial charge on any atom is 0.105 e. The summed E-state index contributed by atoms with van der Waals surface area (Å²) >= 11 is 0. The average molecular weight is 251 g/mol. The number of nitrogens with one attached hydrogen (secondary N) is 1. The Kier molecular flexibility index (Phi) is 6.11. The van der Waals surface area contributed by atoms with Crippen molar-refractivity contribution in [2.45, 2.75) is 77.4 Å². The van der Waals surface area contributed by atoms with E-state index in [1.807, 2.05) is 6.92 Å². The summed E-state index contributed by atoms with van der Waals surface area (Å²) in [7, 11) is 0. The molecule has 1 saturated heterocycles. The summed E-state index contributed by atoms with van der Waals surface area (Å²) in [6, 6.07) is 3.48. The van der Waals surface area contributed by atoms with Crippen LogP contribution in [0.4, 0.5) is 0 Å². The molecule has 0 aromatic rings. The number of hydrogen-bond donors (Lipinski definition) is 1. The minimum Gasteiger partial charge on any atom is -0.301 e. The van der Waals surface area contributed by atoms with Gasteiger partial charge in [-0.15, -0.1) is 0 Å². The van der Waals surface area contributed by atoms with Crippen molar-refractivity contribution in [3.05, 3.63) is 0 Å². The van der Waals surface area contributed by atoms with Gasteiger partial charge in [0, 0.05) is 18.6 Å². The van der Waals surface area contributed by atoms with E-state index in [1.165, 1.54) is 32.2 Å². The van der Waals surface area contributed by atoms with Crippen molar-refractivity contribution in [2.75, 3.05) is 13.1 Å². The van der Waals surface area contributed by atoms with E-state index in [-0.39, 0.29) is 5.54 Å². The molecule has 0 saturated carbocycles. The average Bonchev–Trinajstić information content (AvgIpc) is 2.51. The fourth-order valence-corrected chi connectivity index (χ4v) is 2.83. The smallest absolute Gasteiger partial charge is 0.105 e. The fraction of sp³-hybridized carbons (Fsp3) is 0.933. The maximum atomic E-state index is 9.35. The van der Waals surface area contributed by atoms with E-state index < -0.39 is 0 Å². The van der Waals surface area contributed by atoms with Crippen molar-refractivity contribution in [1.29, 1.82) is 5.26 Å². The molecule has 0 radical (unpaired) electrons. The molecule has 104 valence electrons. The Morgan fingerprint density at radius 3 is 2.72 bits per heavy atom. The highest BCUT2D eigenvalue weighted by molar-refractivity contribution is 5.04. The summed E-state index contributed by atoms with van der Waals surface area (Å²) < 4.78 is 0. The molecule has 0 aromatic carbocycles. The Bertz CT molecular complexity index is 282. The summed E-state index contributed by atoms with van der Waals surface area (Å²) in [5, 5.41) is 12.7. The number of rotatable bonds is 5. The van der Waals surface area contributed by atoms with Crippen LogP contribution in [0.1, 0.15) is 59.8 Å². The molecule has 1 heterocycles.